The van der Waals surface area contributed by atoms with Crippen LogP contribution in [0.15, 0.2) is 29.3 Å². The van der Waals surface area contributed by atoms with E-state index >= 15 is 0 Å². The van der Waals surface area contributed by atoms with Crippen molar-refractivity contribution in [1.82, 2.24) is 0 Å². The summed E-state index contributed by atoms with van der Waals surface area (Å²) in [6.45, 7) is 4.33. The maximum absolute atomic E-state index is 13.0. The molecule has 1 aromatic carbocycles. The fourth-order valence-electron chi connectivity index (χ4n) is 1.49. The number of rotatable bonds is 2. The Morgan fingerprint density at radius 3 is 2.94 bits per heavy atom. The van der Waals surface area contributed by atoms with Crippen molar-refractivity contribution in [2.75, 3.05) is 11.1 Å². The summed E-state index contributed by atoms with van der Waals surface area (Å²) < 4.78 is 13.0. The molecule has 1 N–H and O–H groups in total. The summed E-state index contributed by atoms with van der Waals surface area (Å²) in [5.74, 6) is 1.34. The van der Waals surface area contributed by atoms with Crippen molar-refractivity contribution in [3.63, 3.8) is 0 Å². The van der Waals surface area contributed by atoms with Crippen LogP contribution in [-0.4, -0.2) is 17.0 Å². The molecule has 2 rings (SSSR count). The molecule has 16 heavy (non-hydrogen) atoms. The fraction of sp³-hybridized carbons (Fsp3) is 0.417. The monoisotopic (exact) mass is 238 g/mol. The Kier molecular flexibility index (Phi) is 3.49. The van der Waals surface area contributed by atoms with Gasteiger partial charge in [0.25, 0.3) is 0 Å². The molecule has 1 heterocycles. The lowest BCUT2D eigenvalue weighted by molar-refractivity contribution is 0.543. The van der Waals surface area contributed by atoms with Gasteiger partial charge in [-0.3, -0.25) is 4.99 Å². The normalized spacial score (nSPS) is 20.0. The van der Waals surface area contributed by atoms with E-state index in [0.29, 0.717) is 12.0 Å². The van der Waals surface area contributed by atoms with Crippen LogP contribution in [-0.2, 0) is 0 Å². The van der Waals surface area contributed by atoms with E-state index in [1.807, 2.05) is 6.07 Å². The van der Waals surface area contributed by atoms with Gasteiger partial charge in [0.1, 0.15) is 5.82 Å². The van der Waals surface area contributed by atoms with E-state index in [1.54, 1.807) is 17.8 Å². The highest BCUT2D eigenvalue weighted by Gasteiger charge is 2.20. The van der Waals surface area contributed by atoms with Gasteiger partial charge in [-0.2, -0.15) is 0 Å². The van der Waals surface area contributed by atoms with Gasteiger partial charge in [0.2, 0.25) is 0 Å². The molecule has 1 unspecified atom stereocenters. The Morgan fingerprint density at radius 2 is 2.31 bits per heavy atom. The average molecular weight is 238 g/mol. The van der Waals surface area contributed by atoms with Gasteiger partial charge in [-0.05, 0) is 24.1 Å². The van der Waals surface area contributed by atoms with E-state index in [-0.39, 0.29) is 5.82 Å². The smallest absolute Gasteiger partial charge is 0.161 e. The predicted octanol–water partition coefficient (Wildman–Crippen LogP) is 3.37. The van der Waals surface area contributed by atoms with Crippen LogP contribution in [0.25, 0.3) is 0 Å². The van der Waals surface area contributed by atoms with E-state index in [1.165, 1.54) is 12.1 Å². The summed E-state index contributed by atoms with van der Waals surface area (Å²) >= 11 is 1.70. The molecule has 0 fully saturated rings. The van der Waals surface area contributed by atoms with Crippen LogP contribution in [0, 0.1) is 11.7 Å². The van der Waals surface area contributed by atoms with E-state index in [4.69, 9.17) is 0 Å². The molecule has 1 aromatic rings. The first-order valence-corrected chi connectivity index (χ1v) is 6.37. The fourth-order valence-corrected chi connectivity index (χ4v) is 2.68. The minimum absolute atomic E-state index is 0.228. The topological polar surface area (TPSA) is 24.4 Å². The number of hydrogen-bond donors (Lipinski definition) is 1. The second-order valence-electron chi connectivity index (χ2n) is 4.19. The Hall–Kier alpha value is -1.03. The number of amidine groups is 1. The van der Waals surface area contributed by atoms with Crippen molar-refractivity contribution >= 4 is 22.6 Å². The average Bonchev–Trinajstić information content (AvgIpc) is 2.66. The molecule has 86 valence electrons. The van der Waals surface area contributed by atoms with E-state index < -0.39 is 0 Å². The summed E-state index contributed by atoms with van der Waals surface area (Å²) in [6.07, 6.45) is 0. The van der Waals surface area contributed by atoms with Crippen LogP contribution in [0.1, 0.15) is 13.8 Å². The van der Waals surface area contributed by atoms with Gasteiger partial charge in [0.15, 0.2) is 5.17 Å². The van der Waals surface area contributed by atoms with Crippen LogP contribution in [0.3, 0.4) is 0 Å². The van der Waals surface area contributed by atoms with Gasteiger partial charge in [0, 0.05) is 11.4 Å². The first-order chi connectivity index (χ1) is 7.65. The standard InChI is InChI=1S/C12H15FN2S/c1-8(2)11-7-16-12(15-11)14-10-5-3-4-9(13)6-10/h3-6,8,11H,7H2,1-2H3,(H,14,15). The number of aliphatic imine (C=N–C) groups is 1. The molecule has 1 atom stereocenters. The summed E-state index contributed by atoms with van der Waals surface area (Å²) in [4.78, 5) is 4.56. The Bertz CT molecular complexity index is 404. The lowest BCUT2D eigenvalue weighted by Crippen LogP contribution is -2.12. The molecule has 0 radical (unpaired) electrons. The van der Waals surface area contributed by atoms with Crippen molar-refractivity contribution in [2.45, 2.75) is 19.9 Å². The van der Waals surface area contributed by atoms with Gasteiger partial charge >= 0.3 is 0 Å². The van der Waals surface area contributed by atoms with Crippen LogP contribution in [0.4, 0.5) is 10.1 Å². The van der Waals surface area contributed by atoms with Crippen LogP contribution < -0.4 is 5.32 Å². The van der Waals surface area contributed by atoms with Gasteiger partial charge in [-0.1, -0.05) is 31.7 Å². The van der Waals surface area contributed by atoms with Crippen LogP contribution in [0.2, 0.25) is 0 Å². The number of thioether (sulfide) groups is 1. The molecule has 0 bridgehead atoms. The van der Waals surface area contributed by atoms with Gasteiger partial charge in [-0.25, -0.2) is 4.39 Å². The largest absolute Gasteiger partial charge is 0.335 e. The minimum Gasteiger partial charge on any atom is -0.335 e. The summed E-state index contributed by atoms with van der Waals surface area (Å²) in [7, 11) is 0. The summed E-state index contributed by atoms with van der Waals surface area (Å²) in [5.41, 5.74) is 0.760. The number of hydrogen-bond acceptors (Lipinski definition) is 3. The lowest BCUT2D eigenvalue weighted by Gasteiger charge is -2.08. The Balaban J connectivity index is 2.03. The predicted molar refractivity (Wildman–Crippen MR) is 68.5 cm³/mol. The van der Waals surface area contributed by atoms with Gasteiger partial charge in [-0.15, -0.1) is 0 Å². The maximum atomic E-state index is 13.0. The zero-order valence-corrected chi connectivity index (χ0v) is 10.2. The quantitative estimate of drug-likeness (QED) is 0.854. The molecule has 0 saturated heterocycles. The van der Waals surface area contributed by atoms with Crippen molar-refractivity contribution in [1.29, 1.82) is 0 Å². The first kappa shape index (κ1) is 11.5. The lowest BCUT2D eigenvalue weighted by atomic mass is 10.1. The number of nitrogens with one attached hydrogen (secondary N) is 1. The third-order valence-corrected chi connectivity index (χ3v) is 3.51. The minimum atomic E-state index is -0.228. The number of benzene rings is 1. The number of nitrogens with zero attached hydrogens (tertiary/aromatic N) is 1. The molecular weight excluding hydrogens is 223 g/mol. The molecular formula is C12H15FN2S. The first-order valence-electron chi connectivity index (χ1n) is 5.38. The van der Waals surface area contributed by atoms with Gasteiger partial charge in [0.05, 0.1) is 6.04 Å². The molecule has 4 heteroatoms. The van der Waals surface area contributed by atoms with Crippen molar-refractivity contribution in [3.05, 3.63) is 30.1 Å². The van der Waals surface area contributed by atoms with E-state index in [9.17, 15) is 4.39 Å². The molecule has 1 aliphatic heterocycles. The number of anilines is 1. The highest BCUT2D eigenvalue weighted by molar-refractivity contribution is 8.14. The molecule has 0 saturated carbocycles. The summed E-state index contributed by atoms with van der Waals surface area (Å²) in [6, 6.07) is 6.82. The second-order valence-corrected chi connectivity index (χ2v) is 5.20. The van der Waals surface area contributed by atoms with Crippen molar-refractivity contribution < 1.29 is 4.39 Å². The van der Waals surface area contributed by atoms with Crippen LogP contribution >= 0.6 is 11.8 Å². The zero-order chi connectivity index (χ0) is 11.5. The molecule has 0 amide bonds. The third kappa shape index (κ3) is 2.76. The summed E-state index contributed by atoms with van der Waals surface area (Å²) in [5, 5.41) is 4.03. The van der Waals surface area contributed by atoms with Crippen molar-refractivity contribution in [2.24, 2.45) is 10.9 Å². The highest BCUT2D eigenvalue weighted by atomic mass is 32.2. The highest BCUT2D eigenvalue weighted by Crippen LogP contribution is 2.24. The van der Waals surface area contributed by atoms with E-state index in [2.05, 4.69) is 24.2 Å². The third-order valence-electron chi connectivity index (χ3n) is 2.52. The Labute approximate surface area is 99.3 Å². The Morgan fingerprint density at radius 1 is 1.50 bits per heavy atom. The molecule has 0 aliphatic carbocycles. The molecule has 0 spiro atoms. The van der Waals surface area contributed by atoms with E-state index in [0.717, 1.165) is 16.6 Å². The van der Waals surface area contributed by atoms with Crippen LogP contribution in [0.5, 0.6) is 0 Å². The maximum Gasteiger partial charge on any atom is 0.161 e. The SMILES string of the molecule is CC(C)C1CSC(Nc2cccc(F)c2)=N1. The zero-order valence-electron chi connectivity index (χ0n) is 9.40. The second kappa shape index (κ2) is 4.87. The molecule has 1 aliphatic rings. The van der Waals surface area contributed by atoms with Crippen molar-refractivity contribution in [3.8, 4) is 0 Å². The van der Waals surface area contributed by atoms with Gasteiger partial charge < -0.3 is 5.32 Å². The number of halogens is 1. The molecule has 0 aromatic heterocycles. The molecule has 2 nitrogen and oxygen atoms in total.